The Hall–Kier alpha value is -1.34. The van der Waals surface area contributed by atoms with Crippen molar-refractivity contribution in [1.82, 2.24) is 0 Å². The number of rotatable bonds is 2. The quantitative estimate of drug-likeness (QED) is 0.727. The molecular formula is C14H16O. The van der Waals surface area contributed by atoms with E-state index in [4.69, 9.17) is 0 Å². The monoisotopic (exact) mass is 200 g/mol. The fourth-order valence-electron chi connectivity index (χ4n) is 2.21. The van der Waals surface area contributed by atoms with Gasteiger partial charge in [-0.3, -0.25) is 0 Å². The molecule has 0 aliphatic heterocycles. The van der Waals surface area contributed by atoms with Crippen LogP contribution in [0.3, 0.4) is 0 Å². The van der Waals surface area contributed by atoms with Crippen LogP contribution >= 0.6 is 0 Å². The maximum absolute atomic E-state index is 9.96. The van der Waals surface area contributed by atoms with E-state index in [9.17, 15) is 5.11 Å². The minimum atomic E-state index is -0.349. The summed E-state index contributed by atoms with van der Waals surface area (Å²) in [6, 6.07) is 10.3. The zero-order valence-corrected chi connectivity index (χ0v) is 8.98. The highest BCUT2D eigenvalue weighted by molar-refractivity contribution is 5.72. The minimum Gasteiger partial charge on any atom is -0.388 e. The zero-order chi connectivity index (χ0) is 10.8. The van der Waals surface area contributed by atoms with E-state index in [2.05, 4.69) is 18.7 Å². The second-order valence-electron chi connectivity index (χ2n) is 4.08. The molecule has 0 saturated carbocycles. The smallest absolute Gasteiger partial charge is 0.0818 e. The summed E-state index contributed by atoms with van der Waals surface area (Å²) < 4.78 is 0. The molecule has 15 heavy (non-hydrogen) atoms. The number of hydrogen-bond acceptors (Lipinski definition) is 1. The van der Waals surface area contributed by atoms with Crippen LogP contribution in [-0.4, -0.2) is 11.2 Å². The van der Waals surface area contributed by atoms with Crippen molar-refractivity contribution in [3.05, 3.63) is 54.1 Å². The molecule has 1 aliphatic carbocycles. The average molecular weight is 200 g/mol. The van der Waals surface area contributed by atoms with Crippen LogP contribution in [0.25, 0.3) is 5.57 Å². The second kappa shape index (κ2) is 4.03. The first-order valence-electron chi connectivity index (χ1n) is 5.29. The van der Waals surface area contributed by atoms with Gasteiger partial charge in [-0.2, -0.15) is 0 Å². The molecule has 0 aromatic heterocycles. The number of aliphatic hydroxyl groups excluding tert-OH is 1. The maximum atomic E-state index is 9.96. The first-order chi connectivity index (χ1) is 7.24. The Morgan fingerprint density at radius 3 is 2.53 bits per heavy atom. The number of aliphatic hydroxyl groups is 1. The third kappa shape index (κ3) is 1.75. The van der Waals surface area contributed by atoms with Crippen molar-refractivity contribution >= 4 is 5.57 Å². The largest absolute Gasteiger partial charge is 0.388 e. The SMILES string of the molecule is C=C[C@@H]1CC(c2ccccc2)=C(C)[C@H]1O. The Morgan fingerprint density at radius 2 is 2.00 bits per heavy atom. The van der Waals surface area contributed by atoms with Crippen LogP contribution in [-0.2, 0) is 0 Å². The number of hydrogen-bond donors (Lipinski definition) is 1. The minimum absolute atomic E-state index is 0.181. The molecule has 2 rings (SSSR count). The molecule has 0 unspecified atom stereocenters. The lowest BCUT2D eigenvalue weighted by atomic mass is 10.0. The van der Waals surface area contributed by atoms with Crippen molar-refractivity contribution in [2.75, 3.05) is 0 Å². The molecule has 0 bridgehead atoms. The lowest BCUT2D eigenvalue weighted by Crippen LogP contribution is -2.13. The summed E-state index contributed by atoms with van der Waals surface area (Å²) in [5.41, 5.74) is 3.58. The summed E-state index contributed by atoms with van der Waals surface area (Å²) >= 11 is 0. The predicted molar refractivity (Wildman–Crippen MR) is 63.3 cm³/mol. The highest BCUT2D eigenvalue weighted by Crippen LogP contribution is 2.38. The van der Waals surface area contributed by atoms with Crippen molar-refractivity contribution in [2.45, 2.75) is 19.4 Å². The van der Waals surface area contributed by atoms with Gasteiger partial charge in [0.2, 0.25) is 0 Å². The van der Waals surface area contributed by atoms with Crippen LogP contribution < -0.4 is 0 Å². The van der Waals surface area contributed by atoms with Crippen LogP contribution in [0, 0.1) is 5.92 Å². The molecule has 0 amide bonds. The van der Waals surface area contributed by atoms with E-state index in [1.807, 2.05) is 31.2 Å². The fraction of sp³-hybridized carbons (Fsp3) is 0.286. The van der Waals surface area contributed by atoms with Crippen molar-refractivity contribution in [1.29, 1.82) is 0 Å². The summed E-state index contributed by atoms with van der Waals surface area (Å²) in [6.07, 6.45) is 2.41. The lowest BCUT2D eigenvalue weighted by Gasteiger charge is -2.09. The molecule has 1 heteroatoms. The lowest BCUT2D eigenvalue weighted by molar-refractivity contribution is 0.178. The summed E-state index contributed by atoms with van der Waals surface area (Å²) in [7, 11) is 0. The normalized spacial score (nSPS) is 25.7. The first kappa shape index (κ1) is 10.2. The van der Waals surface area contributed by atoms with Crippen LogP contribution in [0.1, 0.15) is 18.9 Å². The molecule has 0 radical (unpaired) electrons. The van der Waals surface area contributed by atoms with E-state index in [-0.39, 0.29) is 12.0 Å². The Balaban J connectivity index is 2.35. The molecule has 1 aliphatic rings. The molecule has 1 aromatic rings. The summed E-state index contributed by atoms with van der Waals surface area (Å²) in [4.78, 5) is 0. The molecule has 2 atom stereocenters. The van der Waals surface area contributed by atoms with E-state index in [1.165, 1.54) is 11.1 Å². The van der Waals surface area contributed by atoms with Gasteiger partial charge in [0, 0.05) is 5.92 Å². The van der Waals surface area contributed by atoms with Gasteiger partial charge in [-0.15, -0.1) is 6.58 Å². The fourth-order valence-corrected chi connectivity index (χ4v) is 2.21. The van der Waals surface area contributed by atoms with Gasteiger partial charge >= 0.3 is 0 Å². The highest BCUT2D eigenvalue weighted by Gasteiger charge is 2.28. The molecular weight excluding hydrogens is 184 g/mol. The highest BCUT2D eigenvalue weighted by atomic mass is 16.3. The Bertz CT molecular complexity index is 389. The van der Waals surface area contributed by atoms with E-state index in [0.29, 0.717) is 0 Å². The zero-order valence-electron chi connectivity index (χ0n) is 8.98. The van der Waals surface area contributed by atoms with Crippen LogP contribution in [0.5, 0.6) is 0 Å². The Kier molecular flexibility index (Phi) is 2.74. The molecule has 0 saturated heterocycles. The summed E-state index contributed by atoms with van der Waals surface area (Å²) in [5, 5.41) is 9.96. The molecule has 0 fully saturated rings. The molecule has 0 spiro atoms. The predicted octanol–water partition coefficient (Wildman–Crippen LogP) is 3.03. The Labute approximate surface area is 90.8 Å². The van der Waals surface area contributed by atoms with Crippen molar-refractivity contribution in [3.8, 4) is 0 Å². The van der Waals surface area contributed by atoms with Gasteiger partial charge in [0.05, 0.1) is 6.10 Å². The topological polar surface area (TPSA) is 20.2 Å². The van der Waals surface area contributed by atoms with Gasteiger partial charge in [-0.1, -0.05) is 36.4 Å². The van der Waals surface area contributed by atoms with Gasteiger partial charge in [0.1, 0.15) is 0 Å². The van der Waals surface area contributed by atoms with Crippen LogP contribution in [0.15, 0.2) is 48.6 Å². The average Bonchev–Trinajstić information content (AvgIpc) is 2.57. The number of benzene rings is 1. The van der Waals surface area contributed by atoms with E-state index in [1.54, 1.807) is 0 Å². The van der Waals surface area contributed by atoms with Gasteiger partial charge in [-0.25, -0.2) is 0 Å². The van der Waals surface area contributed by atoms with Crippen LogP contribution in [0.2, 0.25) is 0 Å². The van der Waals surface area contributed by atoms with E-state index in [0.717, 1.165) is 12.0 Å². The third-order valence-corrected chi connectivity index (χ3v) is 3.19. The van der Waals surface area contributed by atoms with E-state index >= 15 is 0 Å². The molecule has 78 valence electrons. The maximum Gasteiger partial charge on any atom is 0.0818 e. The van der Waals surface area contributed by atoms with E-state index < -0.39 is 0 Å². The molecule has 1 N–H and O–H groups in total. The molecule has 1 nitrogen and oxygen atoms in total. The van der Waals surface area contributed by atoms with Crippen molar-refractivity contribution in [2.24, 2.45) is 5.92 Å². The Morgan fingerprint density at radius 1 is 1.33 bits per heavy atom. The second-order valence-corrected chi connectivity index (χ2v) is 4.08. The third-order valence-electron chi connectivity index (χ3n) is 3.19. The molecule has 0 heterocycles. The van der Waals surface area contributed by atoms with Crippen LogP contribution in [0.4, 0.5) is 0 Å². The first-order valence-corrected chi connectivity index (χ1v) is 5.29. The molecule has 1 aromatic carbocycles. The van der Waals surface area contributed by atoms with Gasteiger partial charge in [0.15, 0.2) is 0 Å². The van der Waals surface area contributed by atoms with Gasteiger partial charge in [-0.05, 0) is 30.1 Å². The summed E-state index contributed by atoms with van der Waals surface area (Å²) in [6.45, 7) is 5.78. The van der Waals surface area contributed by atoms with Gasteiger partial charge in [0.25, 0.3) is 0 Å². The summed E-state index contributed by atoms with van der Waals surface area (Å²) in [5.74, 6) is 0.181. The standard InChI is InChI=1S/C14H16O/c1-3-11-9-13(10(2)14(11)15)12-7-5-4-6-8-12/h3-8,11,14-15H,1,9H2,2H3/t11-,14-/m1/s1. The number of allylic oxidation sites excluding steroid dienone is 1. The van der Waals surface area contributed by atoms with Gasteiger partial charge < -0.3 is 5.11 Å². The van der Waals surface area contributed by atoms with Crippen molar-refractivity contribution < 1.29 is 5.11 Å². The van der Waals surface area contributed by atoms with Crippen molar-refractivity contribution in [3.63, 3.8) is 0 Å².